The van der Waals surface area contributed by atoms with Crippen LogP contribution in [0.15, 0.2) is 30.3 Å². The molecule has 4 aliphatic carbocycles. The van der Waals surface area contributed by atoms with Gasteiger partial charge in [0.2, 0.25) is 0 Å². The van der Waals surface area contributed by atoms with E-state index in [-0.39, 0.29) is 5.92 Å². The van der Waals surface area contributed by atoms with Gasteiger partial charge in [0.25, 0.3) is 0 Å². The van der Waals surface area contributed by atoms with Crippen molar-refractivity contribution >= 4 is 291 Å². The van der Waals surface area contributed by atoms with E-state index in [2.05, 4.69) is 42.2 Å². The Morgan fingerprint density at radius 2 is 0.412 bits per heavy atom. The first-order valence-electron chi connectivity index (χ1n) is 25.3. The maximum atomic E-state index is 4.56. The van der Waals surface area contributed by atoms with E-state index in [4.69, 9.17) is 0 Å². The molecule has 0 atom stereocenters. The van der Waals surface area contributed by atoms with Crippen LogP contribution in [0.4, 0.5) is 0 Å². The van der Waals surface area contributed by atoms with Crippen LogP contribution in [0.25, 0.3) is 291 Å². The Bertz CT molecular complexity index is 7130. The first-order chi connectivity index (χ1) is 33.9. The van der Waals surface area contributed by atoms with E-state index < -0.39 is 5.41 Å². The molecule has 33 rings (SSSR count). The highest BCUT2D eigenvalue weighted by Gasteiger charge is 2.62. The molecule has 0 amide bonds. The quantitative estimate of drug-likeness (QED) is 0.106. The first-order valence-corrected chi connectivity index (χ1v) is 25.3. The number of benzene rings is 19. The Morgan fingerprint density at radius 3 is 0.662 bits per heavy atom. The Balaban J connectivity index is 1.20. The van der Waals surface area contributed by atoms with Crippen molar-refractivity contribution in [1.82, 2.24) is 0 Å². The van der Waals surface area contributed by atoms with E-state index in [0.717, 1.165) is 5.56 Å². The Labute approximate surface area is 370 Å². The summed E-state index contributed by atoms with van der Waals surface area (Å²) in [5.41, 5.74) is 7.26. The Morgan fingerprint density at radius 1 is 0.221 bits per heavy atom. The van der Waals surface area contributed by atoms with Crippen LogP contribution in [0.5, 0.6) is 0 Å². The fraction of sp³-hybridized carbons (Fsp3) is 0.0294. The number of hydrogen-bond donors (Lipinski definition) is 0. The molecule has 0 nitrogen and oxygen atoms in total. The van der Waals surface area contributed by atoms with Crippen LogP contribution in [-0.4, -0.2) is 0 Å². The number of hydrogen-bond acceptors (Lipinski definition) is 0. The molecule has 278 valence electrons. The van der Waals surface area contributed by atoms with Crippen molar-refractivity contribution in [1.29, 1.82) is 0 Å². The monoisotopic (exact) mass is 822 g/mol. The molecule has 0 spiro atoms. The van der Waals surface area contributed by atoms with Crippen molar-refractivity contribution in [3.63, 3.8) is 0 Å². The predicted octanol–water partition coefficient (Wildman–Crippen LogP) is 18.2. The molecule has 0 heteroatoms. The molecular formula is C68H6. The zero-order valence-corrected chi connectivity index (χ0v) is 34.5. The van der Waals surface area contributed by atoms with Crippen molar-refractivity contribution in [2.75, 3.05) is 0 Å². The second-order valence-electron chi connectivity index (χ2n) is 24.7. The van der Waals surface area contributed by atoms with Gasteiger partial charge in [0.05, 0.1) is 5.41 Å². The fourth-order valence-corrected chi connectivity index (χ4v) is 24.1. The van der Waals surface area contributed by atoms with Crippen molar-refractivity contribution in [3.8, 4) is 11.8 Å². The highest BCUT2D eigenvalue weighted by atomic mass is 14.6. The van der Waals surface area contributed by atoms with Gasteiger partial charge in [-0.3, -0.25) is 0 Å². The molecule has 0 N–H and O–H groups in total. The summed E-state index contributed by atoms with van der Waals surface area (Å²) >= 11 is 0. The van der Waals surface area contributed by atoms with Gasteiger partial charge in [0, 0.05) is 11.5 Å². The summed E-state index contributed by atoms with van der Waals surface area (Å²) in [7, 11) is 0. The molecule has 0 saturated carbocycles. The number of rotatable bonds is 0. The molecule has 0 fully saturated rings. The zero-order chi connectivity index (χ0) is 40.1. The maximum Gasteiger partial charge on any atom is 0.0950 e. The predicted molar refractivity (Wildman–Crippen MR) is 288 cm³/mol. The summed E-state index contributed by atoms with van der Waals surface area (Å²) in [6, 6.07) is 11.1. The molecule has 0 aromatic heterocycles. The van der Waals surface area contributed by atoms with Crippen molar-refractivity contribution in [2.45, 2.75) is 11.3 Å². The molecule has 29 aromatic rings. The Kier molecular flexibility index (Phi) is 2.04. The van der Waals surface area contributed by atoms with Gasteiger partial charge in [-0.15, -0.1) is 0 Å². The van der Waals surface area contributed by atoms with Crippen LogP contribution >= 0.6 is 0 Å². The molecule has 0 aliphatic heterocycles. The van der Waals surface area contributed by atoms with Gasteiger partial charge in [-0.05, 0) is 325 Å². The van der Waals surface area contributed by atoms with Crippen LogP contribution in [0.2, 0.25) is 0 Å². The molecule has 0 radical (unpaired) electrons. The third-order valence-electron chi connectivity index (χ3n) is 24.3. The smallest absolute Gasteiger partial charge is 0.0803 e. The van der Waals surface area contributed by atoms with Gasteiger partial charge < -0.3 is 0 Å². The van der Waals surface area contributed by atoms with E-state index in [9.17, 15) is 0 Å². The summed E-state index contributed by atoms with van der Waals surface area (Å²) < 4.78 is 0. The zero-order valence-electron chi connectivity index (χ0n) is 34.5. The van der Waals surface area contributed by atoms with Crippen LogP contribution in [0, 0.1) is 11.8 Å². The van der Waals surface area contributed by atoms with Crippen LogP contribution in [0.3, 0.4) is 0 Å². The van der Waals surface area contributed by atoms with Crippen LogP contribution in [-0.2, 0) is 5.41 Å². The van der Waals surface area contributed by atoms with Gasteiger partial charge in [-0.25, -0.2) is 0 Å². The summed E-state index contributed by atoms with van der Waals surface area (Å²) in [6.07, 6.45) is 0. The van der Waals surface area contributed by atoms with E-state index in [1.165, 1.54) is 0 Å². The summed E-state index contributed by atoms with van der Waals surface area (Å²) in [5.74, 6) is 8.82. The average Bonchev–Trinajstić information content (AvgIpc) is 4.21. The lowest BCUT2D eigenvalue weighted by Gasteiger charge is -2.41. The van der Waals surface area contributed by atoms with Gasteiger partial charge in [-0.2, -0.15) is 0 Å². The molecule has 4 aliphatic rings. The van der Waals surface area contributed by atoms with Crippen molar-refractivity contribution in [3.05, 3.63) is 58.1 Å². The summed E-state index contributed by atoms with van der Waals surface area (Å²) in [6.45, 7) is 0. The SMILES string of the molecule is C(#CC12c3c4c5c6c7c8c(c9c%10c1c1c3c3c%11c4c4c5c5c7c7c%12c8c8c9c9c%10c%10c1c1c3c3c%11c%11c4c4c5c7c5c7c%12c8c8c9c9c%10c1c1c3c3c%11c4c5c4c7c8c9c1c34)C62)c1ccccc1. The highest BCUT2D eigenvalue weighted by Crippen LogP contribution is 2.83. The second kappa shape index (κ2) is 5.62. The molecule has 0 bridgehead atoms. The lowest BCUT2D eigenvalue weighted by Crippen LogP contribution is -2.36. The minimum Gasteiger partial charge on any atom is -0.0803 e. The van der Waals surface area contributed by atoms with E-state index >= 15 is 0 Å². The molecule has 0 saturated heterocycles. The van der Waals surface area contributed by atoms with Crippen molar-refractivity contribution < 1.29 is 0 Å². The molecule has 68 heavy (non-hydrogen) atoms. The minimum absolute atomic E-state index is 0.157. The average molecular weight is 823 g/mol. The second-order valence-corrected chi connectivity index (χ2v) is 24.7. The van der Waals surface area contributed by atoms with E-state index in [0.29, 0.717) is 0 Å². The van der Waals surface area contributed by atoms with E-state index in [1.54, 1.807) is 313 Å². The highest BCUT2D eigenvalue weighted by molar-refractivity contribution is 6.82. The van der Waals surface area contributed by atoms with E-state index in [1.807, 2.05) is 0 Å². The lowest BCUT2D eigenvalue weighted by atomic mass is 9.57. The molecule has 29 aromatic carbocycles. The lowest BCUT2D eigenvalue weighted by molar-refractivity contribution is 0.610. The third-order valence-corrected chi connectivity index (χ3v) is 24.3. The van der Waals surface area contributed by atoms with Crippen molar-refractivity contribution in [2.24, 2.45) is 0 Å². The topological polar surface area (TPSA) is 0 Å². The minimum atomic E-state index is -0.499. The largest absolute Gasteiger partial charge is 0.0950 e. The summed E-state index contributed by atoms with van der Waals surface area (Å²) in [4.78, 5) is 0. The van der Waals surface area contributed by atoms with Gasteiger partial charge in [-0.1, -0.05) is 30.0 Å². The molecule has 0 unspecified atom stereocenters. The van der Waals surface area contributed by atoms with Crippen LogP contribution < -0.4 is 0 Å². The fourth-order valence-electron chi connectivity index (χ4n) is 24.1. The normalized spacial score (nSPS) is 20.7. The Hall–Kier alpha value is -8.76. The maximum absolute atomic E-state index is 4.56. The van der Waals surface area contributed by atoms with Gasteiger partial charge >= 0.3 is 0 Å². The molecule has 0 heterocycles. The third kappa shape index (κ3) is 1.31. The van der Waals surface area contributed by atoms with Gasteiger partial charge in [0.15, 0.2) is 0 Å². The molecular weight excluding hydrogens is 817 g/mol. The standard InChI is InChI=1S/C68H6/c1-2-4-8(5-3-1)6-7-68-65-61-55-41-33-25-13-10-9-11-14(13)26-28-24-18(11)20-16-12(9)15-19-17(10)23-27(25)39(41)47-45-31(23)29(19)37-35-21(15)22(16)36-38-30(20)32(24)46-48-40(28)42(34(26)33)56(55)62(65)58(48)60-52(46)50(38)54-44(36)43(35)53-49(37)51(45)59(57(47)61)66(68)63(53)64(54)67(60)68/h1-5,65H. The van der Waals surface area contributed by atoms with Gasteiger partial charge in [0.1, 0.15) is 0 Å². The first kappa shape index (κ1) is 24.7. The van der Waals surface area contributed by atoms with Crippen LogP contribution in [0.1, 0.15) is 33.7 Å². The summed E-state index contributed by atoms with van der Waals surface area (Å²) in [5, 5.41) is 88.7.